The van der Waals surface area contributed by atoms with Crippen molar-refractivity contribution in [3.05, 3.63) is 47.8 Å². The van der Waals surface area contributed by atoms with Gasteiger partial charge in [-0.3, -0.25) is 14.7 Å². The van der Waals surface area contributed by atoms with E-state index in [1.54, 1.807) is 19.5 Å². The quantitative estimate of drug-likeness (QED) is 0.725. The number of imidazole rings is 1. The molecular formula is C22H31N5O2. The van der Waals surface area contributed by atoms with E-state index in [1.165, 1.54) is 11.4 Å². The van der Waals surface area contributed by atoms with Crippen LogP contribution in [0.1, 0.15) is 42.3 Å². The number of rotatable bonds is 7. The van der Waals surface area contributed by atoms with Crippen molar-refractivity contribution in [1.82, 2.24) is 24.8 Å². The van der Waals surface area contributed by atoms with Crippen LogP contribution in [0.2, 0.25) is 0 Å². The molecule has 7 nitrogen and oxygen atoms in total. The van der Waals surface area contributed by atoms with Crippen molar-refractivity contribution in [2.45, 2.75) is 38.1 Å². The Bertz CT molecular complexity index is 786. The second kappa shape index (κ2) is 9.50. The number of carbonyl (C=O) groups is 1. The van der Waals surface area contributed by atoms with E-state index in [9.17, 15) is 4.79 Å². The lowest BCUT2D eigenvalue weighted by Crippen LogP contribution is -2.46. The number of nitrogens with zero attached hydrogens (tertiary/aromatic N) is 4. The van der Waals surface area contributed by atoms with Crippen molar-refractivity contribution in [3.8, 4) is 0 Å². The molecule has 2 aliphatic heterocycles. The van der Waals surface area contributed by atoms with Gasteiger partial charge in [0.1, 0.15) is 0 Å². The highest BCUT2D eigenvalue weighted by Crippen LogP contribution is 2.38. The summed E-state index contributed by atoms with van der Waals surface area (Å²) < 4.78 is 5.26. The van der Waals surface area contributed by atoms with Gasteiger partial charge in [0, 0.05) is 64.4 Å². The summed E-state index contributed by atoms with van der Waals surface area (Å²) >= 11 is 0. The van der Waals surface area contributed by atoms with Gasteiger partial charge >= 0.3 is 0 Å². The predicted octanol–water partition coefficient (Wildman–Crippen LogP) is 2.22. The van der Waals surface area contributed by atoms with E-state index in [0.29, 0.717) is 18.4 Å². The number of piperidine rings is 1. The van der Waals surface area contributed by atoms with Crippen LogP contribution in [-0.2, 0) is 22.4 Å². The first-order valence-electron chi connectivity index (χ1n) is 10.7. The normalized spacial score (nSPS) is 20.6. The maximum Gasteiger partial charge on any atom is 0.227 e. The Kier molecular flexibility index (Phi) is 6.56. The summed E-state index contributed by atoms with van der Waals surface area (Å²) in [5.41, 5.74) is 3.49. The molecule has 7 heteroatoms. The highest BCUT2D eigenvalue weighted by Gasteiger charge is 2.37. The molecule has 0 aliphatic carbocycles. The zero-order valence-corrected chi connectivity index (χ0v) is 17.2. The lowest BCUT2D eigenvalue weighted by atomic mass is 9.83. The zero-order chi connectivity index (χ0) is 20.1. The maximum atomic E-state index is 12.7. The van der Waals surface area contributed by atoms with Gasteiger partial charge in [-0.1, -0.05) is 6.07 Å². The minimum atomic E-state index is 0.206. The average Bonchev–Trinajstić information content (AvgIpc) is 3.23. The summed E-state index contributed by atoms with van der Waals surface area (Å²) in [4.78, 5) is 29.4. The SMILES string of the molecule is COCCCN1CCc2[nH]cnc2C1C1CCN(C(=O)Cc2cccnc2)CC1. The highest BCUT2D eigenvalue weighted by molar-refractivity contribution is 5.78. The van der Waals surface area contributed by atoms with Crippen LogP contribution in [0.5, 0.6) is 0 Å². The van der Waals surface area contributed by atoms with Crippen LogP contribution >= 0.6 is 0 Å². The van der Waals surface area contributed by atoms with Crippen molar-refractivity contribution in [2.75, 3.05) is 39.9 Å². The number of H-pyrrole nitrogens is 1. The third-order valence-electron chi connectivity index (χ3n) is 6.28. The van der Waals surface area contributed by atoms with E-state index in [0.717, 1.165) is 64.0 Å². The summed E-state index contributed by atoms with van der Waals surface area (Å²) in [5, 5.41) is 0. The minimum absolute atomic E-state index is 0.206. The van der Waals surface area contributed by atoms with Gasteiger partial charge in [0.05, 0.1) is 24.5 Å². The Labute approximate surface area is 172 Å². The number of likely N-dealkylation sites (tertiary alicyclic amines) is 1. The topological polar surface area (TPSA) is 74.3 Å². The molecule has 1 saturated heterocycles. The Morgan fingerprint density at radius 1 is 1.31 bits per heavy atom. The van der Waals surface area contributed by atoms with Crippen LogP contribution in [0, 0.1) is 5.92 Å². The second-order valence-corrected chi connectivity index (χ2v) is 8.10. The fraction of sp³-hybridized carbons (Fsp3) is 0.591. The third-order valence-corrected chi connectivity index (χ3v) is 6.28. The standard InChI is InChI=1S/C22H31N5O2/c1-29-13-3-9-27-12-7-19-21(25-16-24-19)22(27)18-5-10-26(11-6-18)20(28)14-17-4-2-8-23-15-17/h2,4,8,15-16,18,22H,3,5-7,9-14H2,1H3,(H,24,25). The van der Waals surface area contributed by atoms with E-state index in [2.05, 4.69) is 19.9 Å². The van der Waals surface area contributed by atoms with Gasteiger partial charge in [0.25, 0.3) is 0 Å². The fourth-order valence-electron chi connectivity index (χ4n) is 4.79. The van der Waals surface area contributed by atoms with Gasteiger partial charge in [0.15, 0.2) is 0 Å². The molecule has 4 rings (SSSR count). The van der Waals surface area contributed by atoms with Crippen molar-refractivity contribution in [2.24, 2.45) is 5.92 Å². The molecule has 1 unspecified atom stereocenters. The van der Waals surface area contributed by atoms with Crippen LogP contribution < -0.4 is 0 Å². The molecule has 0 spiro atoms. The molecule has 2 aliphatic rings. The molecule has 1 fully saturated rings. The van der Waals surface area contributed by atoms with E-state index in [-0.39, 0.29) is 5.91 Å². The first-order valence-corrected chi connectivity index (χ1v) is 10.7. The first kappa shape index (κ1) is 20.0. The van der Waals surface area contributed by atoms with E-state index >= 15 is 0 Å². The van der Waals surface area contributed by atoms with Crippen LogP contribution in [0.4, 0.5) is 0 Å². The van der Waals surface area contributed by atoms with E-state index in [4.69, 9.17) is 4.74 Å². The van der Waals surface area contributed by atoms with Gasteiger partial charge in [0.2, 0.25) is 5.91 Å². The monoisotopic (exact) mass is 397 g/mol. The molecule has 4 heterocycles. The predicted molar refractivity (Wildman–Crippen MR) is 110 cm³/mol. The lowest BCUT2D eigenvalue weighted by molar-refractivity contribution is -0.132. The zero-order valence-electron chi connectivity index (χ0n) is 17.2. The lowest BCUT2D eigenvalue weighted by Gasteiger charge is -2.43. The Hall–Kier alpha value is -2.25. The Morgan fingerprint density at radius 3 is 2.93 bits per heavy atom. The number of pyridine rings is 1. The van der Waals surface area contributed by atoms with Crippen LogP contribution in [0.25, 0.3) is 0 Å². The summed E-state index contributed by atoms with van der Waals surface area (Å²) in [6, 6.07) is 4.20. The van der Waals surface area contributed by atoms with Gasteiger partial charge < -0.3 is 14.6 Å². The minimum Gasteiger partial charge on any atom is -0.385 e. The molecule has 1 N–H and O–H groups in total. The van der Waals surface area contributed by atoms with Gasteiger partial charge in [-0.15, -0.1) is 0 Å². The molecule has 2 aromatic rings. The number of fused-ring (bicyclic) bond motifs is 1. The molecule has 1 amide bonds. The summed E-state index contributed by atoms with van der Waals surface area (Å²) in [7, 11) is 1.76. The number of carbonyl (C=O) groups excluding carboxylic acids is 1. The second-order valence-electron chi connectivity index (χ2n) is 8.10. The number of nitrogens with one attached hydrogen (secondary N) is 1. The fourth-order valence-corrected chi connectivity index (χ4v) is 4.79. The molecule has 0 saturated carbocycles. The summed E-state index contributed by atoms with van der Waals surface area (Å²) in [6.07, 6.45) is 9.91. The van der Waals surface area contributed by atoms with Gasteiger partial charge in [-0.05, 0) is 36.8 Å². The number of hydrogen-bond donors (Lipinski definition) is 1. The number of ether oxygens (including phenoxy) is 1. The molecule has 0 radical (unpaired) electrons. The molecule has 0 bridgehead atoms. The molecule has 156 valence electrons. The number of amides is 1. The van der Waals surface area contributed by atoms with E-state index < -0.39 is 0 Å². The Morgan fingerprint density at radius 2 is 2.17 bits per heavy atom. The van der Waals surface area contributed by atoms with Crippen LogP contribution in [0.15, 0.2) is 30.9 Å². The largest absolute Gasteiger partial charge is 0.385 e. The van der Waals surface area contributed by atoms with Gasteiger partial charge in [-0.2, -0.15) is 0 Å². The van der Waals surface area contributed by atoms with Gasteiger partial charge in [-0.25, -0.2) is 4.98 Å². The first-order chi connectivity index (χ1) is 14.3. The average molecular weight is 398 g/mol. The molecule has 29 heavy (non-hydrogen) atoms. The number of aromatic amines is 1. The van der Waals surface area contributed by atoms with E-state index in [1.807, 2.05) is 23.4 Å². The molecular weight excluding hydrogens is 366 g/mol. The smallest absolute Gasteiger partial charge is 0.227 e. The number of aromatic nitrogens is 3. The van der Waals surface area contributed by atoms with Crippen molar-refractivity contribution < 1.29 is 9.53 Å². The number of hydrogen-bond acceptors (Lipinski definition) is 5. The van der Waals surface area contributed by atoms with Crippen LogP contribution in [0.3, 0.4) is 0 Å². The van der Waals surface area contributed by atoms with Crippen LogP contribution in [-0.4, -0.2) is 70.6 Å². The number of methoxy groups -OCH3 is 1. The molecule has 0 aromatic carbocycles. The summed E-state index contributed by atoms with van der Waals surface area (Å²) in [5.74, 6) is 0.736. The highest BCUT2D eigenvalue weighted by atomic mass is 16.5. The maximum absolute atomic E-state index is 12.7. The Balaban J connectivity index is 1.38. The van der Waals surface area contributed by atoms with Crippen molar-refractivity contribution >= 4 is 5.91 Å². The third kappa shape index (κ3) is 4.67. The summed E-state index contributed by atoms with van der Waals surface area (Å²) in [6.45, 7) is 4.53. The molecule has 1 atom stereocenters. The molecule has 2 aromatic heterocycles. The van der Waals surface area contributed by atoms with Crippen molar-refractivity contribution in [3.63, 3.8) is 0 Å². The van der Waals surface area contributed by atoms with Crippen molar-refractivity contribution in [1.29, 1.82) is 0 Å².